The zero-order chi connectivity index (χ0) is 10.4. The molecule has 1 aromatic heterocycles. The molecule has 2 aromatic rings. The van der Waals surface area contributed by atoms with Gasteiger partial charge in [0.1, 0.15) is 0 Å². The van der Waals surface area contributed by atoms with E-state index in [0.29, 0.717) is 5.88 Å². The van der Waals surface area contributed by atoms with Crippen LogP contribution in [0, 0.1) is 0 Å². The first-order valence-electron chi connectivity index (χ1n) is 5.15. The summed E-state index contributed by atoms with van der Waals surface area (Å²) < 4.78 is 3.51. The maximum atomic E-state index is 5.97. The molecule has 2 heterocycles. The van der Waals surface area contributed by atoms with Gasteiger partial charge in [-0.3, -0.25) is 0 Å². The summed E-state index contributed by atoms with van der Waals surface area (Å²) >= 11 is 9.54. The molecule has 0 bridgehead atoms. The van der Waals surface area contributed by atoms with Crippen molar-refractivity contribution >= 4 is 38.4 Å². The van der Waals surface area contributed by atoms with Gasteiger partial charge in [-0.05, 0) is 36.1 Å². The quantitative estimate of drug-likeness (QED) is 0.695. The molecule has 3 heteroatoms. The molecule has 0 unspecified atom stereocenters. The minimum absolute atomic E-state index is 0.597. The van der Waals surface area contributed by atoms with Gasteiger partial charge in [-0.25, -0.2) is 0 Å². The molecule has 15 heavy (non-hydrogen) atoms. The second kappa shape index (κ2) is 3.53. The van der Waals surface area contributed by atoms with Crippen LogP contribution in [0.15, 0.2) is 22.8 Å². The van der Waals surface area contributed by atoms with Crippen molar-refractivity contribution in [1.29, 1.82) is 0 Å². The number of rotatable bonds is 1. The predicted molar refractivity (Wildman–Crippen MR) is 67.5 cm³/mol. The van der Waals surface area contributed by atoms with Crippen LogP contribution in [0.25, 0.3) is 10.9 Å². The van der Waals surface area contributed by atoms with Crippen molar-refractivity contribution in [1.82, 2.24) is 4.57 Å². The Morgan fingerprint density at radius 3 is 3.07 bits per heavy atom. The van der Waals surface area contributed by atoms with Crippen LogP contribution in [0.1, 0.15) is 17.5 Å². The summed E-state index contributed by atoms with van der Waals surface area (Å²) in [7, 11) is 0. The largest absolute Gasteiger partial charge is 0.347 e. The Kier molecular flexibility index (Phi) is 2.29. The van der Waals surface area contributed by atoms with Crippen molar-refractivity contribution in [2.45, 2.75) is 25.3 Å². The molecule has 3 rings (SSSR count). The molecule has 1 aliphatic heterocycles. The fourth-order valence-electron chi connectivity index (χ4n) is 2.48. The standard InChI is InChI=1S/C12H11BrClN/c13-10-4-8-2-1-3-15-7-9(6-14)11(5-10)12(8)15/h4-5,7H,1-3,6H2. The number of hydrogen-bond acceptors (Lipinski definition) is 0. The first-order valence-corrected chi connectivity index (χ1v) is 6.48. The molecule has 0 saturated heterocycles. The molecule has 0 atom stereocenters. The predicted octanol–water partition coefficient (Wildman–Crippen LogP) is 4.09. The summed E-state index contributed by atoms with van der Waals surface area (Å²) in [6.07, 6.45) is 4.61. The number of aryl methyl sites for hydroxylation is 2. The maximum Gasteiger partial charge on any atom is 0.0516 e. The van der Waals surface area contributed by atoms with Gasteiger partial charge >= 0.3 is 0 Å². The molecule has 1 aromatic carbocycles. The van der Waals surface area contributed by atoms with Crippen LogP contribution in [-0.2, 0) is 18.8 Å². The van der Waals surface area contributed by atoms with Gasteiger partial charge in [0.15, 0.2) is 0 Å². The van der Waals surface area contributed by atoms with E-state index in [1.54, 1.807) is 0 Å². The third kappa shape index (κ3) is 1.42. The van der Waals surface area contributed by atoms with Crippen LogP contribution in [0.4, 0.5) is 0 Å². The topological polar surface area (TPSA) is 4.93 Å². The zero-order valence-electron chi connectivity index (χ0n) is 8.26. The molecule has 0 radical (unpaired) electrons. The highest BCUT2D eigenvalue weighted by molar-refractivity contribution is 9.10. The minimum atomic E-state index is 0.597. The van der Waals surface area contributed by atoms with Gasteiger partial charge in [0.2, 0.25) is 0 Å². The maximum absolute atomic E-state index is 5.97. The minimum Gasteiger partial charge on any atom is -0.347 e. The molecule has 1 nitrogen and oxygen atoms in total. The zero-order valence-corrected chi connectivity index (χ0v) is 10.6. The first-order chi connectivity index (χ1) is 7.29. The lowest BCUT2D eigenvalue weighted by Gasteiger charge is -2.15. The lowest BCUT2D eigenvalue weighted by Crippen LogP contribution is -2.06. The highest BCUT2D eigenvalue weighted by Gasteiger charge is 2.16. The van der Waals surface area contributed by atoms with Crippen molar-refractivity contribution in [3.05, 3.63) is 33.9 Å². The van der Waals surface area contributed by atoms with Crippen LogP contribution < -0.4 is 0 Å². The number of halogens is 2. The van der Waals surface area contributed by atoms with E-state index in [4.69, 9.17) is 11.6 Å². The average Bonchev–Trinajstić information content (AvgIpc) is 2.58. The molecule has 0 amide bonds. The van der Waals surface area contributed by atoms with Crippen LogP contribution in [0.5, 0.6) is 0 Å². The first kappa shape index (κ1) is 9.73. The molecule has 0 aliphatic carbocycles. The van der Waals surface area contributed by atoms with Gasteiger partial charge in [-0.1, -0.05) is 15.9 Å². The van der Waals surface area contributed by atoms with Gasteiger partial charge in [-0.2, -0.15) is 0 Å². The molecule has 0 saturated carbocycles. The van der Waals surface area contributed by atoms with Crippen molar-refractivity contribution in [2.24, 2.45) is 0 Å². The van der Waals surface area contributed by atoms with Gasteiger partial charge in [-0.15, -0.1) is 11.6 Å². The summed E-state index contributed by atoms with van der Waals surface area (Å²) in [6.45, 7) is 1.13. The third-order valence-corrected chi connectivity index (χ3v) is 3.83. The van der Waals surface area contributed by atoms with E-state index in [1.807, 2.05) is 0 Å². The SMILES string of the molecule is ClCc1cn2c3c(cc(Br)cc13)CCC2. The van der Waals surface area contributed by atoms with Crippen molar-refractivity contribution < 1.29 is 0 Å². The molecule has 1 aliphatic rings. The Morgan fingerprint density at radius 1 is 1.40 bits per heavy atom. The summed E-state index contributed by atoms with van der Waals surface area (Å²) in [6, 6.07) is 4.41. The molecule has 0 N–H and O–H groups in total. The second-order valence-corrected chi connectivity index (χ2v) is 5.23. The number of nitrogens with zero attached hydrogens (tertiary/aromatic N) is 1. The van der Waals surface area contributed by atoms with E-state index in [-0.39, 0.29) is 0 Å². The van der Waals surface area contributed by atoms with Crippen molar-refractivity contribution in [3.63, 3.8) is 0 Å². The Balaban J connectivity index is 2.43. The Hall–Kier alpha value is -0.470. The third-order valence-electron chi connectivity index (χ3n) is 3.09. The van der Waals surface area contributed by atoms with Crippen molar-refractivity contribution in [2.75, 3.05) is 0 Å². The van der Waals surface area contributed by atoms with Crippen molar-refractivity contribution in [3.8, 4) is 0 Å². The van der Waals surface area contributed by atoms with E-state index in [9.17, 15) is 0 Å². The second-order valence-electron chi connectivity index (χ2n) is 4.05. The normalized spacial score (nSPS) is 14.8. The molecule has 0 fully saturated rings. The monoisotopic (exact) mass is 283 g/mol. The van der Waals surface area contributed by atoms with Gasteiger partial charge in [0.05, 0.1) is 5.52 Å². The lowest BCUT2D eigenvalue weighted by atomic mass is 10.0. The summed E-state index contributed by atoms with van der Waals surface area (Å²) in [5, 5.41) is 1.31. The molecular weight excluding hydrogens is 273 g/mol. The highest BCUT2D eigenvalue weighted by Crippen LogP contribution is 2.33. The van der Waals surface area contributed by atoms with Crippen LogP contribution in [-0.4, -0.2) is 4.57 Å². The van der Waals surface area contributed by atoms with Gasteiger partial charge in [0, 0.05) is 28.5 Å². The van der Waals surface area contributed by atoms with E-state index in [1.165, 1.54) is 34.9 Å². The summed E-state index contributed by atoms with van der Waals surface area (Å²) in [5.41, 5.74) is 4.08. The average molecular weight is 285 g/mol. The van der Waals surface area contributed by atoms with E-state index in [0.717, 1.165) is 11.0 Å². The highest BCUT2D eigenvalue weighted by atomic mass is 79.9. The Labute approximate surface area is 102 Å². The Bertz CT molecular complexity index is 530. The summed E-state index contributed by atoms with van der Waals surface area (Å²) in [5.74, 6) is 0.597. The van der Waals surface area contributed by atoms with Gasteiger partial charge in [0.25, 0.3) is 0 Å². The number of hydrogen-bond donors (Lipinski definition) is 0. The number of alkyl halides is 1. The van der Waals surface area contributed by atoms with E-state index < -0.39 is 0 Å². The fourth-order valence-corrected chi connectivity index (χ4v) is 3.19. The summed E-state index contributed by atoms with van der Waals surface area (Å²) in [4.78, 5) is 0. The Morgan fingerprint density at radius 2 is 2.27 bits per heavy atom. The van der Waals surface area contributed by atoms with Crippen LogP contribution in [0.3, 0.4) is 0 Å². The van der Waals surface area contributed by atoms with Gasteiger partial charge < -0.3 is 4.57 Å². The smallest absolute Gasteiger partial charge is 0.0516 e. The van der Waals surface area contributed by atoms with Crippen LogP contribution in [0.2, 0.25) is 0 Å². The number of aromatic nitrogens is 1. The molecule has 78 valence electrons. The van der Waals surface area contributed by atoms with E-state index >= 15 is 0 Å². The lowest BCUT2D eigenvalue weighted by molar-refractivity contribution is 0.635. The molecule has 0 spiro atoms. The molecular formula is C12H11BrClN. The van der Waals surface area contributed by atoms with Crippen LogP contribution >= 0.6 is 27.5 Å². The fraction of sp³-hybridized carbons (Fsp3) is 0.333. The number of benzene rings is 1. The van der Waals surface area contributed by atoms with E-state index in [2.05, 4.69) is 38.8 Å².